The van der Waals surface area contributed by atoms with Crippen molar-refractivity contribution in [3.8, 4) is 33.5 Å². The van der Waals surface area contributed by atoms with Crippen LogP contribution in [0, 0.1) is 0 Å². The summed E-state index contributed by atoms with van der Waals surface area (Å²) < 4.78 is 2.10. The zero-order chi connectivity index (χ0) is 21.2. The minimum absolute atomic E-state index is 0.0336. The van der Waals surface area contributed by atoms with E-state index in [1.807, 2.05) is 18.2 Å². The summed E-state index contributed by atoms with van der Waals surface area (Å²) in [6, 6.07) is 29.2. The third kappa shape index (κ3) is 3.65. The fourth-order valence-electron chi connectivity index (χ4n) is 4.13. The first kappa shape index (κ1) is 19.3. The van der Waals surface area contributed by atoms with Crippen molar-refractivity contribution in [3.05, 3.63) is 108 Å². The van der Waals surface area contributed by atoms with E-state index in [0.29, 0.717) is 0 Å². The van der Waals surface area contributed by atoms with E-state index in [0.717, 1.165) is 40.0 Å². The predicted octanol–water partition coefficient (Wildman–Crippen LogP) is 6.39. The Morgan fingerprint density at radius 1 is 0.774 bits per heavy atom. The van der Waals surface area contributed by atoms with Gasteiger partial charge in [-0.15, -0.1) is 0 Å². The van der Waals surface area contributed by atoms with Gasteiger partial charge in [0.1, 0.15) is 5.65 Å². The molecule has 0 radical (unpaired) electrons. The molecule has 0 bridgehead atoms. The van der Waals surface area contributed by atoms with Gasteiger partial charge >= 0.3 is 0 Å². The van der Waals surface area contributed by atoms with Crippen LogP contribution in [0.3, 0.4) is 0 Å². The SMILES string of the molecule is CCc1ccn2cc(-c3ccc(-c4ccccc4)cc3)nc2c1-c1cccc(CO)c1. The van der Waals surface area contributed by atoms with Gasteiger partial charge in [0, 0.05) is 23.5 Å². The summed E-state index contributed by atoms with van der Waals surface area (Å²) in [5.74, 6) is 0. The van der Waals surface area contributed by atoms with E-state index >= 15 is 0 Å². The third-order valence-corrected chi connectivity index (χ3v) is 5.78. The molecule has 0 aliphatic heterocycles. The smallest absolute Gasteiger partial charge is 0.145 e. The summed E-state index contributed by atoms with van der Waals surface area (Å²) >= 11 is 0. The molecule has 152 valence electrons. The molecule has 0 fully saturated rings. The maximum absolute atomic E-state index is 9.59. The summed E-state index contributed by atoms with van der Waals surface area (Å²) in [7, 11) is 0. The van der Waals surface area contributed by atoms with Gasteiger partial charge in [-0.3, -0.25) is 0 Å². The van der Waals surface area contributed by atoms with Crippen LogP contribution in [0.15, 0.2) is 97.3 Å². The lowest BCUT2D eigenvalue weighted by molar-refractivity contribution is 0.282. The predicted molar refractivity (Wildman–Crippen MR) is 127 cm³/mol. The maximum atomic E-state index is 9.59. The molecule has 2 heterocycles. The Balaban J connectivity index is 1.60. The molecule has 0 spiro atoms. The highest BCUT2D eigenvalue weighted by Gasteiger charge is 2.14. The highest BCUT2D eigenvalue weighted by molar-refractivity contribution is 5.83. The first-order chi connectivity index (χ1) is 15.3. The molecule has 1 N–H and O–H groups in total. The van der Waals surface area contributed by atoms with E-state index in [9.17, 15) is 5.11 Å². The zero-order valence-corrected chi connectivity index (χ0v) is 17.5. The first-order valence-corrected chi connectivity index (χ1v) is 10.6. The zero-order valence-electron chi connectivity index (χ0n) is 17.5. The van der Waals surface area contributed by atoms with Crippen molar-refractivity contribution in [2.45, 2.75) is 20.0 Å². The van der Waals surface area contributed by atoms with Crippen LogP contribution in [0.25, 0.3) is 39.2 Å². The van der Waals surface area contributed by atoms with Crippen molar-refractivity contribution in [2.24, 2.45) is 0 Å². The molecule has 5 aromatic rings. The van der Waals surface area contributed by atoms with Crippen LogP contribution in [0.5, 0.6) is 0 Å². The van der Waals surface area contributed by atoms with Gasteiger partial charge in [0.2, 0.25) is 0 Å². The van der Waals surface area contributed by atoms with Crippen molar-refractivity contribution >= 4 is 5.65 Å². The van der Waals surface area contributed by atoms with Crippen molar-refractivity contribution in [1.82, 2.24) is 9.38 Å². The van der Waals surface area contributed by atoms with E-state index in [-0.39, 0.29) is 6.61 Å². The highest BCUT2D eigenvalue weighted by Crippen LogP contribution is 2.32. The lowest BCUT2D eigenvalue weighted by Crippen LogP contribution is -1.95. The van der Waals surface area contributed by atoms with Crippen LogP contribution >= 0.6 is 0 Å². The molecule has 5 rings (SSSR count). The molecule has 3 nitrogen and oxygen atoms in total. The third-order valence-electron chi connectivity index (χ3n) is 5.78. The number of nitrogens with zero attached hydrogens (tertiary/aromatic N) is 2. The van der Waals surface area contributed by atoms with Gasteiger partial charge in [-0.2, -0.15) is 0 Å². The van der Waals surface area contributed by atoms with Crippen LogP contribution in [-0.2, 0) is 13.0 Å². The van der Waals surface area contributed by atoms with Crippen LogP contribution in [-0.4, -0.2) is 14.5 Å². The van der Waals surface area contributed by atoms with Gasteiger partial charge in [0.05, 0.1) is 12.3 Å². The monoisotopic (exact) mass is 404 g/mol. The molecular weight excluding hydrogens is 380 g/mol. The van der Waals surface area contributed by atoms with Gasteiger partial charge in [0.15, 0.2) is 0 Å². The van der Waals surface area contributed by atoms with Crippen LogP contribution in [0.4, 0.5) is 0 Å². The van der Waals surface area contributed by atoms with Gasteiger partial charge in [-0.25, -0.2) is 4.98 Å². The Morgan fingerprint density at radius 3 is 2.23 bits per heavy atom. The molecule has 0 aliphatic rings. The van der Waals surface area contributed by atoms with E-state index in [4.69, 9.17) is 4.98 Å². The molecule has 31 heavy (non-hydrogen) atoms. The van der Waals surface area contributed by atoms with Gasteiger partial charge in [-0.05, 0) is 46.4 Å². The standard InChI is InChI=1S/C28H24N2O/c1-2-21-15-16-30-18-26(24-13-11-23(12-14-24)22-8-4-3-5-9-22)29-28(30)27(21)25-10-6-7-20(17-25)19-31/h3-18,31H,2,19H2,1H3. The van der Waals surface area contributed by atoms with E-state index < -0.39 is 0 Å². The number of hydrogen-bond acceptors (Lipinski definition) is 2. The van der Waals surface area contributed by atoms with Gasteiger partial charge in [-0.1, -0.05) is 79.7 Å². The molecule has 3 heteroatoms. The molecule has 0 saturated heterocycles. The van der Waals surface area contributed by atoms with Crippen LogP contribution in [0.1, 0.15) is 18.1 Å². The Kier molecular flexibility index (Phi) is 5.11. The number of aromatic nitrogens is 2. The van der Waals surface area contributed by atoms with Crippen molar-refractivity contribution < 1.29 is 5.11 Å². The second-order valence-electron chi connectivity index (χ2n) is 7.73. The normalized spacial score (nSPS) is 11.2. The minimum Gasteiger partial charge on any atom is -0.392 e. The van der Waals surface area contributed by atoms with E-state index in [2.05, 4.69) is 90.4 Å². The largest absolute Gasteiger partial charge is 0.392 e. The summed E-state index contributed by atoms with van der Waals surface area (Å²) in [4.78, 5) is 5.03. The number of aliphatic hydroxyl groups excluding tert-OH is 1. The Morgan fingerprint density at radius 2 is 1.48 bits per heavy atom. The molecule has 0 aliphatic carbocycles. The number of aryl methyl sites for hydroxylation is 1. The molecular formula is C28H24N2O. The lowest BCUT2D eigenvalue weighted by atomic mass is 9.98. The average Bonchev–Trinajstić information content (AvgIpc) is 3.28. The summed E-state index contributed by atoms with van der Waals surface area (Å²) in [5, 5.41) is 9.59. The number of rotatable bonds is 5. The molecule has 2 aromatic heterocycles. The molecule has 0 atom stereocenters. The highest BCUT2D eigenvalue weighted by atomic mass is 16.3. The number of fused-ring (bicyclic) bond motifs is 1. The number of aliphatic hydroxyl groups is 1. The second-order valence-corrected chi connectivity index (χ2v) is 7.73. The quantitative estimate of drug-likeness (QED) is 0.368. The fourth-order valence-corrected chi connectivity index (χ4v) is 4.13. The Labute approximate surface area is 182 Å². The number of benzene rings is 3. The number of pyridine rings is 1. The van der Waals surface area contributed by atoms with Crippen LogP contribution in [0.2, 0.25) is 0 Å². The number of hydrogen-bond donors (Lipinski definition) is 1. The van der Waals surface area contributed by atoms with Crippen LogP contribution < -0.4 is 0 Å². The topological polar surface area (TPSA) is 37.5 Å². The summed E-state index contributed by atoms with van der Waals surface area (Å²) in [5.41, 5.74) is 9.77. The van der Waals surface area contributed by atoms with Gasteiger partial charge < -0.3 is 9.51 Å². The summed E-state index contributed by atoms with van der Waals surface area (Å²) in [6.45, 7) is 2.20. The average molecular weight is 405 g/mol. The lowest BCUT2D eigenvalue weighted by Gasteiger charge is -2.11. The second kappa shape index (κ2) is 8.21. The Bertz CT molecular complexity index is 1340. The maximum Gasteiger partial charge on any atom is 0.145 e. The van der Waals surface area contributed by atoms with Crippen molar-refractivity contribution in [3.63, 3.8) is 0 Å². The molecule has 0 saturated carbocycles. The van der Waals surface area contributed by atoms with Crippen molar-refractivity contribution in [2.75, 3.05) is 0 Å². The first-order valence-electron chi connectivity index (χ1n) is 10.6. The minimum atomic E-state index is 0.0336. The fraction of sp³-hybridized carbons (Fsp3) is 0.107. The molecule has 0 amide bonds. The summed E-state index contributed by atoms with van der Waals surface area (Å²) in [6.07, 6.45) is 5.09. The molecule has 0 unspecified atom stereocenters. The molecule has 3 aromatic carbocycles. The van der Waals surface area contributed by atoms with Gasteiger partial charge in [0.25, 0.3) is 0 Å². The number of imidazole rings is 1. The van der Waals surface area contributed by atoms with Crippen molar-refractivity contribution in [1.29, 1.82) is 0 Å². The van der Waals surface area contributed by atoms with E-state index in [1.165, 1.54) is 16.7 Å². The Hall–Kier alpha value is -3.69. The van der Waals surface area contributed by atoms with E-state index in [1.54, 1.807) is 0 Å².